The highest BCUT2D eigenvalue weighted by molar-refractivity contribution is 6.30. The van der Waals surface area contributed by atoms with Gasteiger partial charge in [-0.25, -0.2) is 4.79 Å². The van der Waals surface area contributed by atoms with Gasteiger partial charge in [0.2, 0.25) is 0 Å². The minimum absolute atomic E-state index is 0.321. The number of benzene rings is 1. The largest absolute Gasteiger partial charge is 0.398 e. The van der Waals surface area contributed by atoms with Crippen LogP contribution in [0.25, 0.3) is 0 Å². The molecule has 1 aromatic carbocycles. The number of nitrogen functional groups attached to an aromatic ring is 1. The van der Waals surface area contributed by atoms with Crippen LogP contribution in [-0.4, -0.2) is 5.97 Å². The third-order valence-corrected chi connectivity index (χ3v) is 2.38. The summed E-state index contributed by atoms with van der Waals surface area (Å²) in [4.78, 5) is 16.4. The van der Waals surface area contributed by atoms with Crippen LogP contribution in [0.3, 0.4) is 0 Å². The van der Waals surface area contributed by atoms with Crippen molar-refractivity contribution in [1.82, 2.24) is 5.48 Å². The number of hydrogen-bond acceptors (Lipinski definition) is 4. The fourth-order valence-corrected chi connectivity index (χ4v) is 1.25. The van der Waals surface area contributed by atoms with Gasteiger partial charge in [0.1, 0.15) is 0 Å². The van der Waals surface area contributed by atoms with Crippen molar-refractivity contribution in [2.45, 2.75) is 27.3 Å². The van der Waals surface area contributed by atoms with Gasteiger partial charge in [-0.1, -0.05) is 11.6 Å². The van der Waals surface area contributed by atoms with Gasteiger partial charge in [0, 0.05) is 10.7 Å². The van der Waals surface area contributed by atoms with E-state index >= 15 is 0 Å². The minimum Gasteiger partial charge on any atom is -0.398 e. The van der Waals surface area contributed by atoms with Gasteiger partial charge in [0.05, 0.1) is 12.0 Å². The lowest BCUT2D eigenvalue weighted by Crippen LogP contribution is -2.29. The van der Waals surface area contributed by atoms with Crippen LogP contribution in [0.15, 0.2) is 18.2 Å². The second kappa shape index (κ2) is 5.38. The Bertz CT molecular complexity index is 413. The third-order valence-electron chi connectivity index (χ3n) is 2.14. The molecule has 1 rings (SSSR count). The second-order valence-corrected chi connectivity index (χ2v) is 5.24. The Labute approximate surface area is 106 Å². The molecular weight excluding hydrogens is 240 g/mol. The number of rotatable bonds is 3. The summed E-state index contributed by atoms with van der Waals surface area (Å²) < 4.78 is 0. The Hall–Kier alpha value is -1.26. The van der Waals surface area contributed by atoms with Crippen LogP contribution in [0.1, 0.15) is 26.3 Å². The Morgan fingerprint density at radius 1 is 1.47 bits per heavy atom. The van der Waals surface area contributed by atoms with Crippen molar-refractivity contribution in [3.05, 3.63) is 28.8 Å². The highest BCUT2D eigenvalue weighted by Gasteiger charge is 2.23. The molecule has 0 aliphatic rings. The van der Waals surface area contributed by atoms with Crippen molar-refractivity contribution < 1.29 is 9.63 Å². The number of nitrogens with two attached hydrogens (primary N) is 1. The van der Waals surface area contributed by atoms with E-state index in [1.54, 1.807) is 39.0 Å². The predicted octanol–water partition coefficient (Wildman–Crippen LogP) is 2.52. The van der Waals surface area contributed by atoms with Gasteiger partial charge in [-0.15, -0.1) is 5.48 Å². The fourth-order valence-electron chi connectivity index (χ4n) is 1.06. The molecule has 0 saturated heterocycles. The predicted molar refractivity (Wildman–Crippen MR) is 68.3 cm³/mol. The molecule has 1 aromatic rings. The maximum Gasteiger partial charge on any atom is 0.329 e. The van der Waals surface area contributed by atoms with E-state index in [-0.39, 0.29) is 5.97 Å². The summed E-state index contributed by atoms with van der Waals surface area (Å²) in [7, 11) is 0. The van der Waals surface area contributed by atoms with Crippen molar-refractivity contribution in [1.29, 1.82) is 0 Å². The first kappa shape index (κ1) is 13.8. The van der Waals surface area contributed by atoms with Crippen LogP contribution in [0.4, 0.5) is 5.69 Å². The average molecular weight is 257 g/mol. The van der Waals surface area contributed by atoms with E-state index in [2.05, 4.69) is 5.48 Å². The first-order valence-corrected chi connectivity index (χ1v) is 5.66. The number of nitrogens with one attached hydrogen (secondary N) is 1. The third kappa shape index (κ3) is 4.24. The number of halogens is 1. The van der Waals surface area contributed by atoms with Crippen LogP contribution < -0.4 is 11.2 Å². The monoisotopic (exact) mass is 256 g/mol. The van der Waals surface area contributed by atoms with Gasteiger partial charge in [0.25, 0.3) is 0 Å². The summed E-state index contributed by atoms with van der Waals surface area (Å²) in [6, 6.07) is 5.15. The van der Waals surface area contributed by atoms with Crippen LogP contribution >= 0.6 is 11.6 Å². The van der Waals surface area contributed by atoms with E-state index in [1.165, 1.54) is 0 Å². The molecule has 17 heavy (non-hydrogen) atoms. The smallest absolute Gasteiger partial charge is 0.329 e. The van der Waals surface area contributed by atoms with Gasteiger partial charge in [-0.3, -0.25) is 0 Å². The Morgan fingerprint density at radius 2 is 2.12 bits per heavy atom. The first-order valence-electron chi connectivity index (χ1n) is 5.29. The molecule has 5 heteroatoms. The lowest BCUT2D eigenvalue weighted by molar-refractivity contribution is -0.161. The zero-order valence-corrected chi connectivity index (χ0v) is 11.0. The van der Waals surface area contributed by atoms with Crippen molar-refractivity contribution in [3.63, 3.8) is 0 Å². The van der Waals surface area contributed by atoms with E-state index in [4.69, 9.17) is 22.2 Å². The van der Waals surface area contributed by atoms with E-state index in [0.29, 0.717) is 17.3 Å². The molecule has 0 aliphatic carbocycles. The minimum atomic E-state index is -0.535. The summed E-state index contributed by atoms with van der Waals surface area (Å²) in [5.41, 5.74) is 9.20. The summed E-state index contributed by atoms with van der Waals surface area (Å²) in [6.45, 7) is 5.68. The number of carbonyl (C=O) groups is 1. The molecule has 0 heterocycles. The number of anilines is 1. The Morgan fingerprint density at radius 3 is 2.71 bits per heavy atom. The average Bonchev–Trinajstić information content (AvgIpc) is 2.21. The molecule has 0 saturated carbocycles. The SMILES string of the molecule is CC(C)(C)C(=O)ONCc1cc(Cl)ccc1N. The van der Waals surface area contributed by atoms with Crippen LogP contribution in [0, 0.1) is 5.41 Å². The van der Waals surface area contributed by atoms with E-state index in [1.807, 2.05) is 0 Å². The molecule has 0 unspecified atom stereocenters. The topological polar surface area (TPSA) is 64.3 Å². The molecule has 0 aliphatic heterocycles. The summed E-state index contributed by atoms with van der Waals surface area (Å²) >= 11 is 5.84. The maximum atomic E-state index is 11.5. The van der Waals surface area contributed by atoms with Crippen LogP contribution in [-0.2, 0) is 16.2 Å². The molecule has 3 N–H and O–H groups in total. The summed E-state index contributed by atoms with van der Waals surface area (Å²) in [6.07, 6.45) is 0. The van der Waals surface area contributed by atoms with E-state index in [0.717, 1.165) is 5.56 Å². The highest BCUT2D eigenvalue weighted by atomic mass is 35.5. The molecule has 94 valence electrons. The van der Waals surface area contributed by atoms with Gasteiger partial charge < -0.3 is 10.6 Å². The van der Waals surface area contributed by atoms with Gasteiger partial charge in [-0.05, 0) is 44.5 Å². The first-order chi connectivity index (χ1) is 7.80. The number of carbonyl (C=O) groups excluding carboxylic acids is 1. The molecule has 0 amide bonds. The van der Waals surface area contributed by atoms with E-state index in [9.17, 15) is 4.79 Å². The molecule has 0 spiro atoms. The van der Waals surface area contributed by atoms with Gasteiger partial charge in [0.15, 0.2) is 0 Å². The standard InChI is InChI=1S/C12H17ClN2O2/c1-12(2,3)11(16)17-15-7-8-6-9(13)4-5-10(8)14/h4-6,15H,7,14H2,1-3H3. The second-order valence-electron chi connectivity index (χ2n) is 4.80. The normalized spacial score (nSPS) is 11.3. The van der Waals surface area contributed by atoms with E-state index < -0.39 is 5.41 Å². The molecule has 0 bridgehead atoms. The lowest BCUT2D eigenvalue weighted by Gasteiger charge is -2.16. The highest BCUT2D eigenvalue weighted by Crippen LogP contribution is 2.18. The maximum absolute atomic E-state index is 11.5. The van der Waals surface area contributed by atoms with Crippen molar-refractivity contribution in [2.75, 3.05) is 5.73 Å². The summed E-state index contributed by atoms with van der Waals surface area (Å²) in [5.74, 6) is -0.321. The Balaban J connectivity index is 2.52. The van der Waals surface area contributed by atoms with Crippen LogP contribution in [0.2, 0.25) is 5.02 Å². The fraction of sp³-hybridized carbons (Fsp3) is 0.417. The molecule has 0 aromatic heterocycles. The summed E-state index contributed by atoms with van der Waals surface area (Å²) in [5, 5.41) is 0.596. The van der Waals surface area contributed by atoms with Crippen molar-refractivity contribution in [2.24, 2.45) is 5.41 Å². The van der Waals surface area contributed by atoms with Crippen LogP contribution in [0.5, 0.6) is 0 Å². The molecular formula is C12H17ClN2O2. The molecule has 0 atom stereocenters. The number of hydrogen-bond donors (Lipinski definition) is 2. The zero-order valence-electron chi connectivity index (χ0n) is 10.2. The van der Waals surface area contributed by atoms with Gasteiger partial charge >= 0.3 is 5.97 Å². The zero-order chi connectivity index (χ0) is 13.1. The molecule has 0 radical (unpaired) electrons. The Kier molecular flexibility index (Phi) is 4.37. The van der Waals surface area contributed by atoms with Crippen molar-refractivity contribution in [3.8, 4) is 0 Å². The molecule has 0 fully saturated rings. The quantitative estimate of drug-likeness (QED) is 0.644. The van der Waals surface area contributed by atoms with Gasteiger partial charge in [-0.2, -0.15) is 0 Å². The molecule has 4 nitrogen and oxygen atoms in total. The van der Waals surface area contributed by atoms with Crippen molar-refractivity contribution >= 4 is 23.3 Å². The lowest BCUT2D eigenvalue weighted by atomic mass is 9.98. The number of hydroxylamine groups is 1.